The maximum absolute atomic E-state index is 12.6. The number of rotatable bonds is 11. The number of hydrogen-bond donors (Lipinski definition) is 5. The number of aliphatic hydroxyl groups excluding tert-OH is 3. The van der Waals surface area contributed by atoms with Gasteiger partial charge in [-0.1, -0.05) is 18.2 Å². The highest BCUT2D eigenvalue weighted by molar-refractivity contribution is 7.99. The highest BCUT2D eigenvalue weighted by Gasteiger charge is 2.33. The van der Waals surface area contributed by atoms with Crippen LogP contribution in [0.5, 0.6) is 11.5 Å². The van der Waals surface area contributed by atoms with Crippen LogP contribution in [0.3, 0.4) is 0 Å². The Morgan fingerprint density at radius 1 is 0.967 bits per heavy atom. The van der Waals surface area contributed by atoms with E-state index in [0.717, 1.165) is 10.6 Å². The summed E-state index contributed by atoms with van der Waals surface area (Å²) in [4.78, 5) is 24.9. The molecule has 0 radical (unpaired) electrons. The second-order valence-corrected chi connectivity index (χ2v) is 7.79. The minimum Gasteiger partial charge on any atom is -0.457 e. The Morgan fingerprint density at radius 3 is 2.07 bits per heavy atom. The van der Waals surface area contributed by atoms with Crippen molar-refractivity contribution in [2.45, 2.75) is 23.4 Å². The van der Waals surface area contributed by atoms with Gasteiger partial charge in [0.1, 0.15) is 23.1 Å². The van der Waals surface area contributed by atoms with Gasteiger partial charge in [-0.25, -0.2) is 0 Å². The zero-order chi connectivity index (χ0) is 22.0. The van der Waals surface area contributed by atoms with Crippen LogP contribution >= 0.6 is 11.8 Å². The van der Waals surface area contributed by atoms with Crippen molar-refractivity contribution in [2.75, 3.05) is 25.6 Å². The summed E-state index contributed by atoms with van der Waals surface area (Å²) >= 11 is 1.34. The topological polar surface area (TPSA) is 128 Å². The largest absolute Gasteiger partial charge is 0.457 e. The third-order valence-electron chi connectivity index (χ3n) is 4.21. The first-order valence-corrected chi connectivity index (χ1v) is 10.3. The van der Waals surface area contributed by atoms with Gasteiger partial charge < -0.3 is 30.7 Å². The number of carbonyl (C=O) groups is 2. The lowest BCUT2D eigenvalue weighted by atomic mass is 10.0. The van der Waals surface area contributed by atoms with Gasteiger partial charge in [0, 0.05) is 17.6 Å². The Balaban J connectivity index is 1.99. The van der Waals surface area contributed by atoms with E-state index in [4.69, 9.17) is 4.74 Å². The Hall–Kier alpha value is -2.59. The van der Waals surface area contributed by atoms with Gasteiger partial charge in [-0.2, -0.15) is 0 Å². The molecule has 2 rings (SSSR count). The molecule has 0 aliphatic heterocycles. The van der Waals surface area contributed by atoms with Crippen LogP contribution in [0.15, 0.2) is 59.5 Å². The van der Waals surface area contributed by atoms with Gasteiger partial charge in [0.05, 0.1) is 19.8 Å². The third-order valence-corrected chi connectivity index (χ3v) is 5.32. The average molecular weight is 435 g/mol. The van der Waals surface area contributed by atoms with Crippen molar-refractivity contribution < 1.29 is 29.6 Å². The normalized spacial score (nSPS) is 12.1. The summed E-state index contributed by atoms with van der Waals surface area (Å²) in [6.07, 6.45) is 0. The van der Waals surface area contributed by atoms with Crippen LogP contribution in [-0.2, 0) is 9.59 Å². The molecule has 2 aromatic carbocycles. The number of amides is 2. The van der Waals surface area contributed by atoms with Gasteiger partial charge in [0.25, 0.3) is 0 Å². The molecule has 1 atom stereocenters. The molecule has 5 N–H and O–H groups in total. The highest BCUT2D eigenvalue weighted by atomic mass is 32.2. The van der Waals surface area contributed by atoms with E-state index >= 15 is 0 Å². The summed E-state index contributed by atoms with van der Waals surface area (Å²) in [6.45, 7) is -0.643. The summed E-state index contributed by atoms with van der Waals surface area (Å²) in [5, 5.41) is 33.1. The van der Waals surface area contributed by atoms with Crippen molar-refractivity contribution in [1.82, 2.24) is 10.6 Å². The van der Waals surface area contributed by atoms with E-state index in [9.17, 15) is 24.9 Å². The fourth-order valence-corrected chi connectivity index (χ4v) is 3.38. The van der Waals surface area contributed by atoms with E-state index in [0.29, 0.717) is 5.75 Å². The minimum absolute atomic E-state index is 0.211. The first kappa shape index (κ1) is 23.7. The number of hydrogen-bond acceptors (Lipinski definition) is 7. The smallest absolute Gasteiger partial charge is 0.244 e. The van der Waals surface area contributed by atoms with Crippen molar-refractivity contribution in [1.29, 1.82) is 0 Å². The molecule has 162 valence electrons. The number of benzene rings is 2. The molecular formula is C21H26N2O6S. The SMILES string of the molecule is CC(=O)NC(CSc1ccc(Oc2ccccc2)cc1)C(=O)NC(CO)(CO)CO. The summed E-state index contributed by atoms with van der Waals surface area (Å²) < 4.78 is 5.74. The number of para-hydroxylation sites is 1. The first-order chi connectivity index (χ1) is 14.4. The van der Waals surface area contributed by atoms with Crippen LogP contribution in [0.25, 0.3) is 0 Å². The fourth-order valence-electron chi connectivity index (χ4n) is 2.45. The molecular weight excluding hydrogens is 408 g/mol. The molecule has 0 aromatic heterocycles. The molecule has 2 amide bonds. The van der Waals surface area contributed by atoms with Crippen molar-refractivity contribution in [3.8, 4) is 11.5 Å². The number of carbonyl (C=O) groups excluding carboxylic acids is 2. The molecule has 0 bridgehead atoms. The molecule has 8 nitrogen and oxygen atoms in total. The van der Waals surface area contributed by atoms with E-state index in [-0.39, 0.29) is 5.75 Å². The van der Waals surface area contributed by atoms with E-state index in [1.807, 2.05) is 42.5 Å². The molecule has 0 fully saturated rings. The Morgan fingerprint density at radius 2 is 1.53 bits per heavy atom. The van der Waals surface area contributed by atoms with Crippen molar-refractivity contribution >= 4 is 23.6 Å². The molecule has 1 unspecified atom stereocenters. The predicted molar refractivity (Wildman–Crippen MR) is 113 cm³/mol. The molecule has 0 saturated carbocycles. The van der Waals surface area contributed by atoms with E-state index in [1.54, 1.807) is 12.1 Å². The Bertz CT molecular complexity index is 804. The lowest BCUT2D eigenvalue weighted by molar-refractivity contribution is -0.130. The zero-order valence-corrected chi connectivity index (χ0v) is 17.4. The summed E-state index contributed by atoms with van der Waals surface area (Å²) in [5.41, 5.74) is -1.56. The minimum atomic E-state index is -1.56. The van der Waals surface area contributed by atoms with E-state index in [2.05, 4.69) is 10.6 Å². The fraction of sp³-hybridized carbons (Fsp3) is 0.333. The standard InChI is InChI=1S/C21H26N2O6S/c1-15(27)22-19(20(28)23-21(12-24,13-25)14-26)11-30-18-9-7-17(8-10-18)29-16-5-3-2-4-6-16/h2-10,19,24-26H,11-14H2,1H3,(H,22,27)(H,23,28). The predicted octanol–water partition coefficient (Wildman–Crippen LogP) is 0.908. The molecule has 0 aliphatic carbocycles. The Labute approximate surface area is 179 Å². The summed E-state index contributed by atoms with van der Waals surface area (Å²) in [6, 6.07) is 15.7. The lowest BCUT2D eigenvalue weighted by Crippen LogP contribution is -2.61. The van der Waals surface area contributed by atoms with Crippen LogP contribution in [0.4, 0.5) is 0 Å². The molecule has 0 spiro atoms. The van der Waals surface area contributed by atoms with E-state index in [1.165, 1.54) is 18.7 Å². The van der Waals surface area contributed by atoms with Crippen molar-refractivity contribution in [2.24, 2.45) is 0 Å². The summed E-state index contributed by atoms with van der Waals surface area (Å²) in [7, 11) is 0. The second-order valence-electron chi connectivity index (χ2n) is 6.69. The highest BCUT2D eigenvalue weighted by Crippen LogP contribution is 2.25. The van der Waals surface area contributed by atoms with Gasteiger partial charge in [-0.15, -0.1) is 11.8 Å². The van der Waals surface area contributed by atoms with E-state index < -0.39 is 43.2 Å². The van der Waals surface area contributed by atoms with Crippen LogP contribution in [0.2, 0.25) is 0 Å². The molecule has 0 aliphatic rings. The van der Waals surface area contributed by atoms with Gasteiger partial charge in [-0.3, -0.25) is 9.59 Å². The first-order valence-electron chi connectivity index (χ1n) is 9.29. The van der Waals surface area contributed by atoms with Gasteiger partial charge in [-0.05, 0) is 36.4 Å². The number of aliphatic hydroxyl groups is 3. The summed E-state index contributed by atoms with van der Waals surface area (Å²) in [5.74, 6) is 0.590. The number of ether oxygens (including phenoxy) is 1. The monoisotopic (exact) mass is 434 g/mol. The van der Waals surface area contributed by atoms with Crippen molar-refractivity contribution in [3.05, 3.63) is 54.6 Å². The maximum Gasteiger partial charge on any atom is 0.244 e. The third kappa shape index (κ3) is 7.03. The molecule has 0 saturated heterocycles. The second kappa shape index (κ2) is 11.6. The lowest BCUT2D eigenvalue weighted by Gasteiger charge is -2.30. The average Bonchev–Trinajstić information content (AvgIpc) is 2.76. The molecule has 2 aromatic rings. The maximum atomic E-state index is 12.6. The quantitative estimate of drug-likeness (QED) is 0.333. The molecule has 0 heterocycles. The van der Waals surface area contributed by atoms with Gasteiger partial charge in [0.2, 0.25) is 11.8 Å². The van der Waals surface area contributed by atoms with Gasteiger partial charge in [0.15, 0.2) is 0 Å². The van der Waals surface area contributed by atoms with Crippen molar-refractivity contribution in [3.63, 3.8) is 0 Å². The van der Waals surface area contributed by atoms with Gasteiger partial charge >= 0.3 is 0 Å². The van der Waals surface area contributed by atoms with Crippen LogP contribution in [0.1, 0.15) is 6.92 Å². The molecule has 9 heteroatoms. The number of nitrogens with one attached hydrogen (secondary N) is 2. The van der Waals surface area contributed by atoms with Crippen LogP contribution < -0.4 is 15.4 Å². The Kier molecular flexibility index (Phi) is 9.13. The van der Waals surface area contributed by atoms with Crippen LogP contribution in [0, 0.1) is 0 Å². The number of thioether (sulfide) groups is 1. The zero-order valence-electron chi connectivity index (χ0n) is 16.6. The van der Waals surface area contributed by atoms with Crippen LogP contribution in [-0.4, -0.2) is 64.3 Å². The molecule has 30 heavy (non-hydrogen) atoms.